The van der Waals surface area contributed by atoms with Crippen molar-refractivity contribution in [3.63, 3.8) is 0 Å². The number of aryl methyl sites for hydroxylation is 2. The zero-order valence-corrected chi connectivity index (χ0v) is 13.2. The fourth-order valence-electron chi connectivity index (χ4n) is 2.67. The summed E-state index contributed by atoms with van der Waals surface area (Å²) in [6, 6.07) is -2.08. The number of aromatic nitrogens is 1. The molecule has 2 atom stereocenters. The maximum Gasteiger partial charge on any atom is 0.318 e. The Morgan fingerprint density at radius 1 is 1.45 bits per heavy atom. The minimum absolute atomic E-state index is 0.172. The van der Waals surface area contributed by atoms with Crippen LogP contribution in [0.15, 0.2) is 12.4 Å². The van der Waals surface area contributed by atoms with E-state index in [2.05, 4.69) is 10.3 Å². The van der Waals surface area contributed by atoms with Crippen LogP contribution in [0.2, 0.25) is 0 Å². The van der Waals surface area contributed by atoms with Crippen molar-refractivity contribution in [1.29, 1.82) is 0 Å². The summed E-state index contributed by atoms with van der Waals surface area (Å²) in [5, 5.41) is 2.35. The molecule has 5 nitrogen and oxygen atoms in total. The second-order valence-electron chi connectivity index (χ2n) is 5.75. The largest absolute Gasteiger partial charge is 0.373 e. The van der Waals surface area contributed by atoms with Crippen LogP contribution in [0.1, 0.15) is 29.7 Å². The zero-order valence-electron chi connectivity index (χ0n) is 13.2. The van der Waals surface area contributed by atoms with Gasteiger partial charge in [-0.3, -0.25) is 4.98 Å². The molecule has 0 bridgehead atoms. The highest BCUT2D eigenvalue weighted by atomic mass is 19.3. The zero-order chi connectivity index (χ0) is 16.5. The predicted molar refractivity (Wildman–Crippen MR) is 78.0 cm³/mol. The quantitative estimate of drug-likeness (QED) is 0.932. The Hall–Kier alpha value is -1.76. The third-order valence-electron chi connectivity index (χ3n) is 4.09. The number of amides is 2. The number of hydrogen-bond donors (Lipinski definition) is 1. The van der Waals surface area contributed by atoms with Crippen molar-refractivity contribution >= 4 is 6.03 Å². The highest BCUT2D eigenvalue weighted by Gasteiger charge is 2.46. The molecule has 0 saturated carbocycles. The van der Waals surface area contributed by atoms with Gasteiger partial charge in [0.05, 0.1) is 12.6 Å². The van der Waals surface area contributed by atoms with E-state index in [1.165, 1.54) is 4.90 Å². The summed E-state index contributed by atoms with van der Waals surface area (Å²) >= 11 is 0. The number of ether oxygens (including phenoxy) is 1. The lowest BCUT2D eigenvalue weighted by Gasteiger charge is -2.29. The monoisotopic (exact) mass is 313 g/mol. The molecule has 0 aliphatic carbocycles. The van der Waals surface area contributed by atoms with Crippen molar-refractivity contribution in [2.75, 3.05) is 20.3 Å². The summed E-state index contributed by atoms with van der Waals surface area (Å²) in [4.78, 5) is 17.8. The van der Waals surface area contributed by atoms with Gasteiger partial charge in [0.25, 0.3) is 5.92 Å². The molecule has 1 saturated heterocycles. The number of rotatable bonds is 3. The number of carbonyl (C=O) groups excluding carboxylic acids is 1. The van der Waals surface area contributed by atoms with Crippen LogP contribution in [0.5, 0.6) is 0 Å². The molecule has 0 radical (unpaired) electrons. The lowest BCUT2D eigenvalue weighted by atomic mass is 9.99. The molecule has 0 aromatic carbocycles. The lowest BCUT2D eigenvalue weighted by Crippen LogP contribution is -2.51. The molecule has 22 heavy (non-hydrogen) atoms. The Kier molecular flexibility index (Phi) is 4.65. The van der Waals surface area contributed by atoms with Gasteiger partial charge in [-0.25, -0.2) is 13.6 Å². The molecule has 1 aliphatic rings. The van der Waals surface area contributed by atoms with Crippen molar-refractivity contribution in [3.8, 4) is 0 Å². The van der Waals surface area contributed by atoms with Gasteiger partial charge in [0.2, 0.25) is 0 Å². The molecule has 1 aromatic heterocycles. The standard InChI is InChI=1S/C15H21F2N3O2/c1-9-5-18-6-10(2)13(9)11(3)20(4)14(21)19-12-7-22-8-15(12,16)17/h5-6,11-12H,7-8H2,1-4H3,(H,19,21)/t11-,12+/m0/s1. The van der Waals surface area contributed by atoms with E-state index in [0.717, 1.165) is 16.7 Å². The number of pyridine rings is 1. The Balaban J connectivity index is 2.10. The van der Waals surface area contributed by atoms with E-state index in [1.807, 2.05) is 20.8 Å². The van der Waals surface area contributed by atoms with Gasteiger partial charge < -0.3 is 15.0 Å². The molecule has 1 fully saturated rings. The highest BCUT2D eigenvalue weighted by Crippen LogP contribution is 2.27. The van der Waals surface area contributed by atoms with E-state index >= 15 is 0 Å². The van der Waals surface area contributed by atoms with Crippen LogP contribution in [0.4, 0.5) is 13.6 Å². The van der Waals surface area contributed by atoms with E-state index in [9.17, 15) is 13.6 Å². The van der Waals surface area contributed by atoms with Crippen molar-refractivity contribution in [3.05, 3.63) is 29.1 Å². The molecule has 7 heteroatoms. The second-order valence-corrected chi connectivity index (χ2v) is 5.75. The summed E-state index contributed by atoms with van der Waals surface area (Å²) in [5.41, 5.74) is 2.89. The first kappa shape index (κ1) is 16.6. The summed E-state index contributed by atoms with van der Waals surface area (Å²) in [6.45, 7) is 4.86. The van der Waals surface area contributed by atoms with Gasteiger partial charge in [-0.05, 0) is 37.5 Å². The molecule has 0 spiro atoms. The molecule has 1 aromatic rings. The molecular weight excluding hydrogens is 292 g/mol. The topological polar surface area (TPSA) is 54.5 Å². The van der Waals surface area contributed by atoms with Gasteiger partial charge >= 0.3 is 6.03 Å². The number of halogens is 2. The first-order valence-corrected chi connectivity index (χ1v) is 7.14. The second kappa shape index (κ2) is 6.16. The van der Waals surface area contributed by atoms with Gasteiger partial charge in [0.1, 0.15) is 12.6 Å². The van der Waals surface area contributed by atoms with E-state index in [4.69, 9.17) is 4.74 Å². The molecule has 2 heterocycles. The fourth-order valence-corrected chi connectivity index (χ4v) is 2.67. The number of alkyl halides is 2. The first-order valence-electron chi connectivity index (χ1n) is 7.14. The van der Waals surface area contributed by atoms with Gasteiger partial charge in [-0.2, -0.15) is 0 Å². The summed E-state index contributed by atoms with van der Waals surface area (Å²) < 4.78 is 31.8. The van der Waals surface area contributed by atoms with E-state index in [1.54, 1.807) is 19.4 Å². The van der Waals surface area contributed by atoms with Gasteiger partial charge in [-0.15, -0.1) is 0 Å². The van der Waals surface area contributed by atoms with E-state index in [-0.39, 0.29) is 12.6 Å². The summed E-state index contributed by atoms with van der Waals surface area (Å²) in [6.07, 6.45) is 3.45. The highest BCUT2D eigenvalue weighted by molar-refractivity contribution is 5.75. The van der Waals surface area contributed by atoms with Crippen molar-refractivity contribution in [1.82, 2.24) is 15.2 Å². The smallest absolute Gasteiger partial charge is 0.318 e. The Morgan fingerprint density at radius 2 is 2.05 bits per heavy atom. The van der Waals surface area contributed by atoms with Crippen molar-refractivity contribution in [2.24, 2.45) is 0 Å². The minimum atomic E-state index is -3.03. The normalized spacial score (nSPS) is 21.5. The van der Waals surface area contributed by atoms with Crippen LogP contribution in [-0.2, 0) is 4.74 Å². The number of nitrogens with one attached hydrogen (secondary N) is 1. The number of carbonyl (C=O) groups is 1. The molecule has 122 valence electrons. The average molecular weight is 313 g/mol. The molecule has 0 unspecified atom stereocenters. The molecular formula is C15H21F2N3O2. The van der Waals surface area contributed by atoms with Gasteiger partial charge in [0.15, 0.2) is 0 Å². The predicted octanol–water partition coefficient (Wildman–Crippen LogP) is 2.43. The minimum Gasteiger partial charge on any atom is -0.373 e. The third-order valence-corrected chi connectivity index (χ3v) is 4.09. The Morgan fingerprint density at radius 3 is 2.55 bits per heavy atom. The maximum atomic E-state index is 13.5. The molecule has 1 aliphatic heterocycles. The van der Waals surface area contributed by atoms with E-state index < -0.39 is 24.6 Å². The molecule has 2 rings (SSSR count). The van der Waals surface area contributed by atoms with Gasteiger partial charge in [-0.1, -0.05) is 0 Å². The number of urea groups is 1. The summed E-state index contributed by atoms with van der Waals surface area (Å²) in [5.74, 6) is -3.03. The number of hydrogen-bond acceptors (Lipinski definition) is 3. The fraction of sp³-hybridized carbons (Fsp3) is 0.600. The van der Waals surface area contributed by atoms with Crippen molar-refractivity contribution in [2.45, 2.75) is 38.8 Å². The van der Waals surface area contributed by atoms with Crippen molar-refractivity contribution < 1.29 is 18.3 Å². The Bertz CT molecular complexity index is 545. The SMILES string of the molecule is Cc1cncc(C)c1[C@H](C)N(C)C(=O)N[C@@H]1COCC1(F)F. The van der Waals surface area contributed by atoms with Crippen LogP contribution < -0.4 is 5.32 Å². The van der Waals surface area contributed by atoms with Crippen LogP contribution in [0.25, 0.3) is 0 Å². The molecule has 2 amide bonds. The maximum absolute atomic E-state index is 13.5. The van der Waals surface area contributed by atoms with Crippen LogP contribution in [-0.4, -0.2) is 48.1 Å². The van der Waals surface area contributed by atoms with E-state index in [0.29, 0.717) is 0 Å². The van der Waals surface area contributed by atoms with Crippen LogP contribution in [0, 0.1) is 13.8 Å². The lowest BCUT2D eigenvalue weighted by molar-refractivity contribution is -0.0223. The van der Waals surface area contributed by atoms with Crippen LogP contribution in [0.3, 0.4) is 0 Å². The third kappa shape index (κ3) is 3.19. The number of nitrogens with zero attached hydrogens (tertiary/aromatic N) is 2. The van der Waals surface area contributed by atoms with Gasteiger partial charge in [0, 0.05) is 19.4 Å². The first-order chi connectivity index (χ1) is 10.2. The van der Waals surface area contributed by atoms with Crippen LogP contribution >= 0.6 is 0 Å². The Labute approximate surface area is 128 Å². The average Bonchev–Trinajstić information content (AvgIpc) is 2.76. The summed E-state index contributed by atoms with van der Waals surface area (Å²) in [7, 11) is 1.59. The molecule has 1 N–H and O–H groups in total.